The fourth-order valence-corrected chi connectivity index (χ4v) is 3.94. The summed E-state index contributed by atoms with van der Waals surface area (Å²) in [5, 5.41) is 6.96. The molecule has 1 aliphatic rings. The van der Waals surface area contributed by atoms with Crippen LogP contribution in [0, 0.1) is 6.92 Å². The van der Waals surface area contributed by atoms with E-state index in [4.69, 9.17) is 17.3 Å². The van der Waals surface area contributed by atoms with Crippen molar-refractivity contribution in [2.75, 3.05) is 23.3 Å². The van der Waals surface area contributed by atoms with Crippen molar-refractivity contribution >= 4 is 34.7 Å². The molecule has 1 amide bonds. The molecule has 28 heavy (non-hydrogen) atoms. The van der Waals surface area contributed by atoms with E-state index in [0.717, 1.165) is 24.3 Å². The van der Waals surface area contributed by atoms with Crippen LogP contribution in [0.5, 0.6) is 0 Å². The van der Waals surface area contributed by atoms with Crippen LogP contribution in [0.15, 0.2) is 18.2 Å². The summed E-state index contributed by atoms with van der Waals surface area (Å²) in [7, 11) is 0. The third kappa shape index (κ3) is 4.36. The second kappa shape index (κ2) is 8.32. The van der Waals surface area contributed by atoms with E-state index in [-0.39, 0.29) is 16.7 Å². The van der Waals surface area contributed by atoms with Crippen molar-refractivity contribution in [3.8, 4) is 0 Å². The fraction of sp³-hybridized carbons (Fsp3) is 0.450. The van der Waals surface area contributed by atoms with Gasteiger partial charge in [0.1, 0.15) is 0 Å². The zero-order chi connectivity index (χ0) is 20.4. The summed E-state index contributed by atoms with van der Waals surface area (Å²) >= 11 is 6.18. The van der Waals surface area contributed by atoms with Gasteiger partial charge in [-0.1, -0.05) is 18.5 Å². The predicted molar refractivity (Wildman–Crippen MR) is 114 cm³/mol. The van der Waals surface area contributed by atoms with E-state index in [2.05, 4.69) is 52.3 Å². The molecule has 1 fully saturated rings. The highest BCUT2D eigenvalue weighted by Gasteiger charge is 2.22. The minimum atomic E-state index is -0.640. The first kappa shape index (κ1) is 20.4. The molecular weight excluding hydrogens is 376 g/mol. The number of halogens is 1. The molecule has 0 aliphatic carbocycles. The fourth-order valence-electron chi connectivity index (χ4n) is 3.68. The van der Waals surface area contributed by atoms with Gasteiger partial charge in [0.15, 0.2) is 16.7 Å². The topological polar surface area (TPSA) is 96.2 Å². The summed E-state index contributed by atoms with van der Waals surface area (Å²) in [5.74, 6) is -0.371. The van der Waals surface area contributed by atoms with E-state index < -0.39 is 5.91 Å². The zero-order valence-electron chi connectivity index (χ0n) is 16.7. The first-order chi connectivity index (χ1) is 13.3. The molecule has 1 aromatic carbocycles. The number of anilines is 3. The molecule has 8 heteroatoms. The summed E-state index contributed by atoms with van der Waals surface area (Å²) in [5.41, 5.74) is 9.26. The van der Waals surface area contributed by atoms with Gasteiger partial charge in [-0.25, -0.2) is 9.97 Å². The van der Waals surface area contributed by atoms with Gasteiger partial charge in [-0.3, -0.25) is 4.79 Å². The van der Waals surface area contributed by atoms with E-state index in [9.17, 15) is 4.79 Å². The molecule has 7 nitrogen and oxygen atoms in total. The number of primary amides is 1. The Kier molecular flexibility index (Phi) is 6.05. The van der Waals surface area contributed by atoms with Crippen LogP contribution in [0.2, 0.25) is 5.15 Å². The quantitative estimate of drug-likeness (QED) is 0.711. The maximum Gasteiger partial charge on any atom is 0.271 e. The number of amides is 1. The van der Waals surface area contributed by atoms with Crippen molar-refractivity contribution in [3.63, 3.8) is 0 Å². The summed E-state index contributed by atoms with van der Waals surface area (Å²) in [4.78, 5) is 22.8. The Hall–Kier alpha value is -2.38. The lowest BCUT2D eigenvalue weighted by molar-refractivity contribution is 0.0996. The van der Waals surface area contributed by atoms with Crippen molar-refractivity contribution in [1.82, 2.24) is 15.3 Å². The van der Waals surface area contributed by atoms with E-state index in [1.165, 1.54) is 5.69 Å². The minimum Gasteiger partial charge on any atom is -0.368 e. The first-order valence-corrected chi connectivity index (χ1v) is 9.91. The number of nitrogens with zero attached hydrogens (tertiary/aromatic N) is 3. The molecule has 2 heterocycles. The Bertz CT molecular complexity index is 877. The Morgan fingerprint density at radius 2 is 2.00 bits per heavy atom. The van der Waals surface area contributed by atoms with Crippen LogP contribution in [0.1, 0.15) is 42.5 Å². The number of carbonyl (C=O) groups excluding carboxylic acids is 1. The molecule has 4 N–H and O–H groups in total. The molecule has 1 saturated heterocycles. The van der Waals surface area contributed by atoms with Crippen molar-refractivity contribution in [1.29, 1.82) is 0 Å². The van der Waals surface area contributed by atoms with Crippen molar-refractivity contribution in [2.24, 2.45) is 5.73 Å². The van der Waals surface area contributed by atoms with E-state index in [1.54, 1.807) is 0 Å². The normalized spacial score (nSPS) is 19.5. The number of benzene rings is 1. The van der Waals surface area contributed by atoms with Gasteiger partial charge in [0, 0.05) is 36.5 Å². The van der Waals surface area contributed by atoms with Gasteiger partial charge in [-0.05, 0) is 51.0 Å². The number of hydrogen-bond acceptors (Lipinski definition) is 6. The summed E-state index contributed by atoms with van der Waals surface area (Å²) < 4.78 is 0. The first-order valence-electron chi connectivity index (χ1n) is 9.53. The molecule has 0 radical (unpaired) electrons. The van der Waals surface area contributed by atoms with Gasteiger partial charge in [0.05, 0.1) is 5.69 Å². The Morgan fingerprint density at radius 3 is 2.57 bits per heavy atom. The van der Waals surface area contributed by atoms with Gasteiger partial charge < -0.3 is 21.3 Å². The van der Waals surface area contributed by atoms with Gasteiger partial charge in [0.2, 0.25) is 0 Å². The molecule has 0 bridgehead atoms. The number of aryl methyl sites for hydroxylation is 2. The van der Waals surface area contributed by atoms with Crippen LogP contribution in [0.4, 0.5) is 17.2 Å². The highest BCUT2D eigenvalue weighted by atomic mass is 35.5. The average Bonchev–Trinajstić information content (AvgIpc) is 2.61. The number of nitrogens with one attached hydrogen (secondary N) is 2. The molecule has 150 valence electrons. The van der Waals surface area contributed by atoms with E-state index in [1.807, 2.05) is 19.1 Å². The predicted octanol–water partition coefficient (Wildman–Crippen LogP) is 3.03. The van der Waals surface area contributed by atoms with Gasteiger partial charge in [0.25, 0.3) is 5.91 Å². The number of carbonyl (C=O) groups is 1. The zero-order valence-corrected chi connectivity index (χ0v) is 17.5. The van der Waals surface area contributed by atoms with Crippen LogP contribution >= 0.6 is 11.6 Å². The number of piperazine rings is 1. The Labute approximate surface area is 170 Å². The van der Waals surface area contributed by atoms with Crippen LogP contribution in [0.25, 0.3) is 0 Å². The SMILES string of the molecule is CCc1nc(C(N)=O)c(Nc2ccc(N3C[C@@H](C)N[C@@H](C)C3)c(C)c2)nc1Cl. The third-order valence-corrected chi connectivity index (χ3v) is 5.15. The molecule has 1 aliphatic heterocycles. The van der Waals surface area contributed by atoms with Crippen molar-refractivity contribution < 1.29 is 4.79 Å². The lowest BCUT2D eigenvalue weighted by atomic mass is 10.1. The smallest absolute Gasteiger partial charge is 0.271 e. The number of hydrogen-bond donors (Lipinski definition) is 3. The minimum absolute atomic E-state index is 0.0905. The van der Waals surface area contributed by atoms with Gasteiger partial charge in [-0.15, -0.1) is 0 Å². The molecular formula is C20H27ClN6O. The van der Waals surface area contributed by atoms with Crippen LogP contribution < -0.4 is 21.3 Å². The van der Waals surface area contributed by atoms with Crippen molar-refractivity contribution in [2.45, 2.75) is 46.2 Å². The molecule has 3 rings (SSSR count). The lowest BCUT2D eigenvalue weighted by Gasteiger charge is -2.38. The highest BCUT2D eigenvalue weighted by Crippen LogP contribution is 2.28. The van der Waals surface area contributed by atoms with Gasteiger partial charge in [-0.2, -0.15) is 0 Å². The molecule has 0 saturated carbocycles. The third-order valence-electron chi connectivity index (χ3n) is 4.85. The Balaban J connectivity index is 1.87. The maximum absolute atomic E-state index is 11.8. The van der Waals surface area contributed by atoms with Crippen LogP contribution in [-0.4, -0.2) is 41.0 Å². The monoisotopic (exact) mass is 402 g/mol. The molecule has 1 aromatic heterocycles. The van der Waals surface area contributed by atoms with Crippen molar-refractivity contribution in [3.05, 3.63) is 40.3 Å². The Morgan fingerprint density at radius 1 is 1.32 bits per heavy atom. The summed E-state index contributed by atoms with van der Waals surface area (Å²) in [6, 6.07) is 6.96. The average molecular weight is 403 g/mol. The van der Waals surface area contributed by atoms with E-state index >= 15 is 0 Å². The highest BCUT2D eigenvalue weighted by molar-refractivity contribution is 6.30. The number of nitrogens with two attached hydrogens (primary N) is 1. The van der Waals surface area contributed by atoms with Crippen LogP contribution in [-0.2, 0) is 6.42 Å². The molecule has 0 unspecified atom stereocenters. The molecule has 2 aromatic rings. The number of rotatable bonds is 5. The molecule has 0 spiro atoms. The second-order valence-electron chi connectivity index (χ2n) is 7.38. The number of aromatic nitrogens is 2. The summed E-state index contributed by atoms with van der Waals surface area (Å²) in [6.45, 7) is 10.3. The lowest BCUT2D eigenvalue weighted by Crippen LogP contribution is -2.54. The van der Waals surface area contributed by atoms with E-state index in [0.29, 0.717) is 24.2 Å². The standard InChI is InChI=1S/C20H27ClN6O/c1-5-15-18(21)26-20(17(25-15)19(22)28)24-14-6-7-16(11(2)8-14)27-9-12(3)23-13(4)10-27/h6-8,12-13,23H,5,9-10H2,1-4H3,(H2,22,28)(H,24,26)/t12-,13+. The maximum atomic E-state index is 11.8. The molecule has 2 atom stereocenters. The van der Waals surface area contributed by atoms with Gasteiger partial charge >= 0.3 is 0 Å². The summed E-state index contributed by atoms with van der Waals surface area (Å²) in [6.07, 6.45) is 0.571. The largest absolute Gasteiger partial charge is 0.368 e. The van der Waals surface area contributed by atoms with Crippen LogP contribution in [0.3, 0.4) is 0 Å². The second-order valence-corrected chi connectivity index (χ2v) is 7.73.